The van der Waals surface area contributed by atoms with Crippen molar-refractivity contribution in [1.29, 1.82) is 0 Å². The summed E-state index contributed by atoms with van der Waals surface area (Å²) in [7, 11) is 1.90. The Morgan fingerprint density at radius 3 is 2.71 bits per heavy atom. The van der Waals surface area contributed by atoms with E-state index in [0.29, 0.717) is 37.5 Å². The molecule has 1 aliphatic rings. The number of amides is 2. The van der Waals surface area contributed by atoms with E-state index in [1.807, 2.05) is 18.9 Å². The van der Waals surface area contributed by atoms with Crippen molar-refractivity contribution in [2.75, 3.05) is 33.4 Å². The molecule has 1 aromatic carbocycles. The number of nitrogens with two attached hydrogens (primary N) is 1. The van der Waals surface area contributed by atoms with Crippen LogP contribution in [0.15, 0.2) is 24.3 Å². The van der Waals surface area contributed by atoms with E-state index in [-0.39, 0.29) is 18.1 Å². The first-order valence-corrected chi connectivity index (χ1v) is 8.11. The monoisotopic (exact) mass is 335 g/mol. The Morgan fingerprint density at radius 1 is 1.38 bits per heavy atom. The predicted molar refractivity (Wildman–Crippen MR) is 89.9 cm³/mol. The molecule has 2 rings (SSSR count). The molecule has 24 heavy (non-hydrogen) atoms. The molecular formula is C17H25N3O4. The van der Waals surface area contributed by atoms with Gasteiger partial charge in [0.05, 0.1) is 19.2 Å². The molecule has 7 heteroatoms. The summed E-state index contributed by atoms with van der Waals surface area (Å²) >= 11 is 0. The molecule has 0 saturated carbocycles. The second-order valence-corrected chi connectivity index (χ2v) is 5.91. The van der Waals surface area contributed by atoms with Gasteiger partial charge in [0.1, 0.15) is 11.9 Å². The van der Waals surface area contributed by atoms with E-state index in [9.17, 15) is 9.59 Å². The predicted octanol–water partition coefficient (Wildman–Crippen LogP) is 0.390. The third-order valence-electron chi connectivity index (χ3n) is 4.03. The Hall–Kier alpha value is -2.12. The molecule has 1 saturated heterocycles. The van der Waals surface area contributed by atoms with Crippen molar-refractivity contribution in [3.05, 3.63) is 29.8 Å². The number of ether oxygens (including phenoxy) is 2. The summed E-state index contributed by atoms with van der Waals surface area (Å²) in [6, 6.07) is 6.51. The molecule has 1 aliphatic heterocycles. The Labute approximate surface area is 142 Å². The third kappa shape index (κ3) is 5.21. The lowest BCUT2D eigenvalue weighted by atomic mass is 10.1. The first kappa shape index (κ1) is 18.2. The molecule has 0 radical (unpaired) electrons. The SMILES string of the molecule is CCN(C)CC(=O)NC1CCOCC1Oc1ccc(C(N)=O)cc1. The Bertz CT molecular complexity index is 561. The van der Waals surface area contributed by atoms with Gasteiger partial charge in [-0.2, -0.15) is 0 Å². The van der Waals surface area contributed by atoms with Crippen LogP contribution in [0.3, 0.4) is 0 Å². The molecule has 1 fully saturated rings. The first-order valence-electron chi connectivity index (χ1n) is 8.11. The minimum atomic E-state index is -0.479. The molecule has 0 aromatic heterocycles. The standard InChI is InChI=1S/C17H25N3O4/c1-3-20(2)10-16(21)19-14-8-9-23-11-15(14)24-13-6-4-12(5-7-13)17(18)22/h4-7,14-15H,3,8-11H2,1-2H3,(H2,18,22)(H,19,21). The van der Waals surface area contributed by atoms with Gasteiger partial charge in [-0.1, -0.05) is 6.92 Å². The number of hydrogen-bond donors (Lipinski definition) is 2. The summed E-state index contributed by atoms with van der Waals surface area (Å²) in [5, 5.41) is 3.02. The highest BCUT2D eigenvalue weighted by atomic mass is 16.5. The van der Waals surface area contributed by atoms with Crippen LogP contribution in [-0.4, -0.2) is 62.2 Å². The Kier molecular flexibility index (Phi) is 6.57. The topological polar surface area (TPSA) is 93.9 Å². The van der Waals surface area contributed by atoms with Gasteiger partial charge in [-0.25, -0.2) is 0 Å². The van der Waals surface area contributed by atoms with Crippen molar-refractivity contribution >= 4 is 11.8 Å². The van der Waals surface area contributed by atoms with Gasteiger partial charge in [0.2, 0.25) is 11.8 Å². The van der Waals surface area contributed by atoms with Crippen molar-refractivity contribution in [2.45, 2.75) is 25.5 Å². The molecular weight excluding hydrogens is 310 g/mol. The number of primary amides is 1. The van der Waals surface area contributed by atoms with Crippen LogP contribution >= 0.6 is 0 Å². The van der Waals surface area contributed by atoms with Crippen LogP contribution in [0.2, 0.25) is 0 Å². The number of likely N-dealkylation sites (N-methyl/N-ethyl adjacent to an activating group) is 1. The zero-order chi connectivity index (χ0) is 17.5. The normalized spacial score (nSPS) is 20.6. The summed E-state index contributed by atoms with van der Waals surface area (Å²) in [4.78, 5) is 25.1. The van der Waals surface area contributed by atoms with Gasteiger partial charge >= 0.3 is 0 Å². The molecule has 0 spiro atoms. The van der Waals surface area contributed by atoms with Crippen molar-refractivity contribution < 1.29 is 19.1 Å². The molecule has 3 N–H and O–H groups in total. The fourth-order valence-electron chi connectivity index (χ4n) is 2.48. The van der Waals surface area contributed by atoms with Crippen molar-refractivity contribution in [2.24, 2.45) is 5.73 Å². The van der Waals surface area contributed by atoms with Crippen LogP contribution in [0.4, 0.5) is 0 Å². The maximum absolute atomic E-state index is 12.1. The van der Waals surface area contributed by atoms with Crippen LogP contribution in [0, 0.1) is 0 Å². The summed E-state index contributed by atoms with van der Waals surface area (Å²) in [5.41, 5.74) is 5.65. The molecule has 132 valence electrons. The van der Waals surface area contributed by atoms with Crippen molar-refractivity contribution in [3.8, 4) is 5.75 Å². The van der Waals surface area contributed by atoms with Gasteiger partial charge in [0.25, 0.3) is 0 Å². The molecule has 7 nitrogen and oxygen atoms in total. The second-order valence-electron chi connectivity index (χ2n) is 5.91. The van der Waals surface area contributed by atoms with Gasteiger partial charge in [0, 0.05) is 12.2 Å². The quantitative estimate of drug-likeness (QED) is 0.752. The fraction of sp³-hybridized carbons (Fsp3) is 0.529. The average molecular weight is 335 g/mol. The summed E-state index contributed by atoms with van der Waals surface area (Å²) < 4.78 is 11.4. The van der Waals surface area contributed by atoms with Gasteiger partial charge in [-0.15, -0.1) is 0 Å². The van der Waals surface area contributed by atoms with E-state index in [1.54, 1.807) is 24.3 Å². The molecule has 1 aromatic rings. The van der Waals surface area contributed by atoms with Gasteiger partial charge in [-0.3, -0.25) is 14.5 Å². The Balaban J connectivity index is 1.95. The van der Waals surface area contributed by atoms with Crippen molar-refractivity contribution in [3.63, 3.8) is 0 Å². The highest BCUT2D eigenvalue weighted by molar-refractivity contribution is 5.92. The summed E-state index contributed by atoms with van der Waals surface area (Å²) in [6.07, 6.45) is 0.431. The lowest BCUT2D eigenvalue weighted by Gasteiger charge is -2.32. The number of rotatable bonds is 7. The van der Waals surface area contributed by atoms with Gasteiger partial charge in [0.15, 0.2) is 0 Å². The second kappa shape index (κ2) is 8.65. The maximum atomic E-state index is 12.1. The van der Waals surface area contributed by atoms with E-state index in [2.05, 4.69) is 5.32 Å². The highest BCUT2D eigenvalue weighted by Gasteiger charge is 2.29. The molecule has 0 aliphatic carbocycles. The van der Waals surface area contributed by atoms with Crippen LogP contribution in [0.5, 0.6) is 5.75 Å². The van der Waals surface area contributed by atoms with Crippen LogP contribution in [0.25, 0.3) is 0 Å². The van der Waals surface area contributed by atoms with E-state index < -0.39 is 5.91 Å². The molecule has 0 bridgehead atoms. The average Bonchev–Trinajstić information content (AvgIpc) is 2.57. The largest absolute Gasteiger partial charge is 0.486 e. The van der Waals surface area contributed by atoms with E-state index in [1.165, 1.54) is 0 Å². The molecule has 2 unspecified atom stereocenters. The Morgan fingerprint density at radius 2 is 2.08 bits per heavy atom. The fourth-order valence-corrected chi connectivity index (χ4v) is 2.48. The van der Waals surface area contributed by atoms with E-state index in [0.717, 1.165) is 6.54 Å². The number of carbonyl (C=O) groups excluding carboxylic acids is 2. The lowest BCUT2D eigenvalue weighted by Crippen LogP contribution is -2.53. The molecule has 1 heterocycles. The van der Waals surface area contributed by atoms with Crippen LogP contribution in [-0.2, 0) is 9.53 Å². The van der Waals surface area contributed by atoms with Crippen LogP contribution < -0.4 is 15.8 Å². The smallest absolute Gasteiger partial charge is 0.248 e. The van der Waals surface area contributed by atoms with E-state index >= 15 is 0 Å². The molecule has 2 atom stereocenters. The minimum absolute atomic E-state index is 0.0241. The zero-order valence-electron chi connectivity index (χ0n) is 14.2. The first-order chi connectivity index (χ1) is 11.5. The van der Waals surface area contributed by atoms with Gasteiger partial charge in [-0.05, 0) is 44.3 Å². The maximum Gasteiger partial charge on any atom is 0.248 e. The lowest BCUT2D eigenvalue weighted by molar-refractivity contribution is -0.124. The summed E-state index contributed by atoms with van der Waals surface area (Å²) in [6.45, 7) is 4.17. The van der Waals surface area contributed by atoms with Crippen LogP contribution in [0.1, 0.15) is 23.7 Å². The third-order valence-corrected chi connectivity index (χ3v) is 4.03. The highest BCUT2D eigenvalue weighted by Crippen LogP contribution is 2.18. The number of nitrogens with one attached hydrogen (secondary N) is 1. The number of nitrogens with zero attached hydrogens (tertiary/aromatic N) is 1. The number of benzene rings is 1. The van der Waals surface area contributed by atoms with Gasteiger partial charge < -0.3 is 20.5 Å². The zero-order valence-corrected chi connectivity index (χ0v) is 14.2. The summed E-state index contributed by atoms with van der Waals surface area (Å²) in [5.74, 6) is 0.108. The number of hydrogen-bond acceptors (Lipinski definition) is 5. The van der Waals surface area contributed by atoms with E-state index in [4.69, 9.17) is 15.2 Å². The minimum Gasteiger partial charge on any atom is -0.486 e. The van der Waals surface area contributed by atoms with Crippen molar-refractivity contribution in [1.82, 2.24) is 10.2 Å². The number of carbonyl (C=O) groups is 2. The molecule has 2 amide bonds.